The van der Waals surface area contributed by atoms with Gasteiger partial charge in [0, 0.05) is 11.0 Å². The summed E-state index contributed by atoms with van der Waals surface area (Å²) in [6.07, 6.45) is 1.08. The molecular formula is C16H18BrN. The Balaban J connectivity index is 1.78. The van der Waals surface area contributed by atoms with Gasteiger partial charge in [-0.3, -0.25) is 0 Å². The lowest BCUT2D eigenvalue weighted by Gasteiger charge is -2.07. The van der Waals surface area contributed by atoms with Crippen molar-refractivity contribution in [2.24, 2.45) is 0 Å². The van der Waals surface area contributed by atoms with Crippen LogP contribution in [-0.4, -0.2) is 6.54 Å². The number of halogens is 1. The second-order valence-corrected chi connectivity index (χ2v) is 5.40. The molecule has 0 fully saturated rings. The first-order valence-electron chi connectivity index (χ1n) is 6.25. The molecule has 0 aromatic heterocycles. The summed E-state index contributed by atoms with van der Waals surface area (Å²) in [5.41, 5.74) is 4.12. The molecule has 18 heavy (non-hydrogen) atoms. The molecule has 0 unspecified atom stereocenters. The third-order valence-corrected chi connectivity index (χ3v) is 3.54. The van der Waals surface area contributed by atoms with Gasteiger partial charge in [0.1, 0.15) is 0 Å². The van der Waals surface area contributed by atoms with Crippen LogP contribution in [-0.2, 0) is 13.0 Å². The molecule has 0 heterocycles. The maximum absolute atomic E-state index is 3.49. The van der Waals surface area contributed by atoms with Gasteiger partial charge in [-0.15, -0.1) is 0 Å². The van der Waals surface area contributed by atoms with Gasteiger partial charge in [0.05, 0.1) is 0 Å². The summed E-state index contributed by atoms with van der Waals surface area (Å²) in [4.78, 5) is 0. The Morgan fingerprint density at radius 2 is 1.89 bits per heavy atom. The summed E-state index contributed by atoms with van der Waals surface area (Å²) in [6.45, 7) is 4.10. The van der Waals surface area contributed by atoms with Gasteiger partial charge < -0.3 is 5.32 Å². The Kier molecular flexibility index (Phi) is 4.97. The summed E-state index contributed by atoms with van der Waals surface area (Å²) < 4.78 is 1.14. The van der Waals surface area contributed by atoms with Crippen molar-refractivity contribution < 1.29 is 0 Å². The zero-order valence-electron chi connectivity index (χ0n) is 10.6. The summed E-state index contributed by atoms with van der Waals surface area (Å²) in [6, 6.07) is 17.0. The third-order valence-electron chi connectivity index (χ3n) is 3.05. The standard InChI is InChI=1S/C16H18BrN/c1-13-5-2-3-7-15(13)9-10-18-12-14-6-4-8-16(17)11-14/h2-8,11,18H,9-10,12H2,1H3. The minimum atomic E-state index is 0.922. The van der Waals surface area contributed by atoms with Crippen molar-refractivity contribution in [3.8, 4) is 0 Å². The van der Waals surface area contributed by atoms with E-state index >= 15 is 0 Å². The lowest BCUT2D eigenvalue weighted by Crippen LogP contribution is -2.17. The molecule has 1 nitrogen and oxygen atoms in total. The van der Waals surface area contributed by atoms with Gasteiger partial charge in [-0.2, -0.15) is 0 Å². The normalized spacial score (nSPS) is 10.6. The summed E-state index contributed by atoms with van der Waals surface area (Å²) in [7, 11) is 0. The molecule has 0 saturated carbocycles. The van der Waals surface area contributed by atoms with Crippen molar-refractivity contribution in [1.82, 2.24) is 5.32 Å². The van der Waals surface area contributed by atoms with E-state index in [0.29, 0.717) is 0 Å². The average Bonchev–Trinajstić information content (AvgIpc) is 2.37. The Morgan fingerprint density at radius 3 is 2.67 bits per heavy atom. The van der Waals surface area contributed by atoms with Crippen molar-refractivity contribution in [2.45, 2.75) is 19.9 Å². The molecule has 2 aromatic carbocycles. The van der Waals surface area contributed by atoms with Crippen LogP contribution < -0.4 is 5.32 Å². The first kappa shape index (κ1) is 13.3. The molecule has 94 valence electrons. The molecular weight excluding hydrogens is 286 g/mol. The van der Waals surface area contributed by atoms with E-state index in [0.717, 1.165) is 24.0 Å². The van der Waals surface area contributed by atoms with Crippen LogP contribution in [0.5, 0.6) is 0 Å². The third kappa shape index (κ3) is 3.97. The fourth-order valence-electron chi connectivity index (χ4n) is 1.99. The van der Waals surface area contributed by atoms with Crippen LogP contribution in [0.1, 0.15) is 16.7 Å². The van der Waals surface area contributed by atoms with Gasteiger partial charge in [0.25, 0.3) is 0 Å². The van der Waals surface area contributed by atoms with E-state index in [1.54, 1.807) is 0 Å². The van der Waals surface area contributed by atoms with Gasteiger partial charge in [0.2, 0.25) is 0 Å². The maximum Gasteiger partial charge on any atom is 0.0206 e. The molecule has 0 atom stereocenters. The van der Waals surface area contributed by atoms with Gasteiger partial charge in [-0.1, -0.05) is 52.3 Å². The summed E-state index contributed by atoms with van der Waals surface area (Å²) in [5, 5.41) is 3.48. The highest BCUT2D eigenvalue weighted by molar-refractivity contribution is 9.10. The molecule has 0 amide bonds. The zero-order valence-corrected chi connectivity index (χ0v) is 12.2. The summed E-state index contributed by atoms with van der Waals surface area (Å²) >= 11 is 3.49. The van der Waals surface area contributed by atoms with Crippen molar-refractivity contribution >= 4 is 15.9 Å². The van der Waals surface area contributed by atoms with E-state index in [2.05, 4.69) is 76.7 Å². The van der Waals surface area contributed by atoms with Gasteiger partial charge in [-0.05, 0) is 48.7 Å². The maximum atomic E-state index is 3.49. The second-order valence-electron chi connectivity index (χ2n) is 4.48. The highest BCUT2D eigenvalue weighted by Crippen LogP contribution is 2.11. The van der Waals surface area contributed by atoms with Crippen LogP contribution in [0, 0.1) is 6.92 Å². The molecule has 0 spiro atoms. The van der Waals surface area contributed by atoms with Crippen molar-refractivity contribution in [2.75, 3.05) is 6.54 Å². The average molecular weight is 304 g/mol. The van der Waals surface area contributed by atoms with Crippen molar-refractivity contribution in [1.29, 1.82) is 0 Å². The number of hydrogen-bond donors (Lipinski definition) is 1. The lowest BCUT2D eigenvalue weighted by molar-refractivity contribution is 0.685. The minimum absolute atomic E-state index is 0.922. The van der Waals surface area contributed by atoms with Crippen LogP contribution in [0.4, 0.5) is 0 Å². The van der Waals surface area contributed by atoms with E-state index in [1.165, 1.54) is 16.7 Å². The highest BCUT2D eigenvalue weighted by atomic mass is 79.9. The second kappa shape index (κ2) is 6.72. The molecule has 0 aliphatic carbocycles. The fourth-order valence-corrected chi connectivity index (χ4v) is 2.44. The van der Waals surface area contributed by atoms with Gasteiger partial charge in [0.15, 0.2) is 0 Å². The smallest absolute Gasteiger partial charge is 0.0206 e. The number of aryl methyl sites for hydroxylation is 1. The van der Waals surface area contributed by atoms with Gasteiger partial charge in [-0.25, -0.2) is 0 Å². The first-order valence-corrected chi connectivity index (χ1v) is 7.04. The Labute approximate surface area is 117 Å². The molecule has 0 aliphatic heterocycles. The van der Waals surface area contributed by atoms with Crippen LogP contribution in [0.25, 0.3) is 0 Å². The molecule has 2 aromatic rings. The van der Waals surface area contributed by atoms with Crippen LogP contribution in [0.15, 0.2) is 53.0 Å². The van der Waals surface area contributed by atoms with E-state index < -0.39 is 0 Å². The predicted octanol–water partition coefficient (Wildman–Crippen LogP) is 4.09. The Bertz CT molecular complexity index is 508. The number of hydrogen-bond acceptors (Lipinski definition) is 1. The van der Waals surface area contributed by atoms with Crippen LogP contribution in [0.2, 0.25) is 0 Å². The first-order chi connectivity index (χ1) is 8.75. The quantitative estimate of drug-likeness (QED) is 0.820. The number of nitrogens with one attached hydrogen (secondary N) is 1. The van der Waals surface area contributed by atoms with E-state index in [9.17, 15) is 0 Å². The topological polar surface area (TPSA) is 12.0 Å². The Morgan fingerprint density at radius 1 is 1.06 bits per heavy atom. The molecule has 0 aliphatic rings. The molecule has 0 radical (unpaired) electrons. The van der Waals surface area contributed by atoms with Crippen molar-refractivity contribution in [3.05, 3.63) is 69.7 Å². The predicted molar refractivity (Wildman–Crippen MR) is 80.7 cm³/mol. The molecule has 1 N–H and O–H groups in total. The lowest BCUT2D eigenvalue weighted by atomic mass is 10.1. The fraction of sp³-hybridized carbons (Fsp3) is 0.250. The molecule has 0 bridgehead atoms. The molecule has 0 saturated heterocycles. The SMILES string of the molecule is Cc1ccccc1CCNCc1cccc(Br)c1. The number of rotatable bonds is 5. The Hall–Kier alpha value is -1.12. The minimum Gasteiger partial charge on any atom is -0.312 e. The van der Waals surface area contributed by atoms with Gasteiger partial charge >= 0.3 is 0 Å². The monoisotopic (exact) mass is 303 g/mol. The highest BCUT2D eigenvalue weighted by Gasteiger charge is 1.97. The van der Waals surface area contributed by atoms with E-state index in [-0.39, 0.29) is 0 Å². The largest absolute Gasteiger partial charge is 0.312 e. The van der Waals surface area contributed by atoms with E-state index in [4.69, 9.17) is 0 Å². The number of benzene rings is 2. The van der Waals surface area contributed by atoms with Crippen molar-refractivity contribution in [3.63, 3.8) is 0 Å². The molecule has 2 heteroatoms. The molecule has 2 rings (SSSR count). The van der Waals surface area contributed by atoms with E-state index in [1.807, 2.05) is 0 Å². The van der Waals surface area contributed by atoms with Crippen LogP contribution in [0.3, 0.4) is 0 Å². The summed E-state index contributed by atoms with van der Waals surface area (Å²) in [5.74, 6) is 0. The zero-order chi connectivity index (χ0) is 12.8. The van der Waals surface area contributed by atoms with Crippen LogP contribution >= 0.6 is 15.9 Å².